The number of nitriles is 1. The lowest BCUT2D eigenvalue weighted by molar-refractivity contribution is -0.136. The van der Waals surface area contributed by atoms with Crippen LogP contribution in [0.2, 0.25) is 0 Å². The van der Waals surface area contributed by atoms with E-state index in [1.807, 2.05) is 20.0 Å². The molecular weight excluding hydrogens is 486 g/mol. The lowest BCUT2D eigenvalue weighted by atomic mass is 10.1. The monoisotopic (exact) mass is 517 g/mol. The van der Waals surface area contributed by atoms with Crippen molar-refractivity contribution in [3.8, 4) is 17.2 Å². The van der Waals surface area contributed by atoms with E-state index in [9.17, 15) is 10.1 Å². The second-order valence-corrected chi connectivity index (χ2v) is 10.7. The number of aryl methyl sites for hydroxylation is 2. The van der Waals surface area contributed by atoms with Gasteiger partial charge in [0, 0.05) is 47.6 Å². The number of thiophene rings is 1. The number of hydrogen-bond donors (Lipinski definition) is 2. The summed E-state index contributed by atoms with van der Waals surface area (Å²) >= 11 is 1.65. The van der Waals surface area contributed by atoms with Gasteiger partial charge in [-0.05, 0) is 62.0 Å². The molecule has 4 heterocycles. The molecule has 192 valence electrons. The Bertz CT molecular complexity index is 1470. The molecule has 2 N–H and O–H groups in total. The van der Waals surface area contributed by atoms with Gasteiger partial charge in [-0.2, -0.15) is 5.26 Å². The molecule has 0 bridgehead atoms. The first-order valence-electron chi connectivity index (χ1n) is 12.5. The topological polar surface area (TPSA) is 101 Å². The normalized spacial score (nSPS) is 19.3. The Kier molecular flexibility index (Phi) is 7.53. The summed E-state index contributed by atoms with van der Waals surface area (Å²) in [5.74, 6) is -0.278. The van der Waals surface area contributed by atoms with Crippen LogP contribution in [0.1, 0.15) is 22.7 Å². The Morgan fingerprint density at radius 2 is 2.19 bits per heavy atom. The van der Waals surface area contributed by atoms with Crippen molar-refractivity contribution >= 4 is 32.8 Å². The van der Waals surface area contributed by atoms with Crippen LogP contribution >= 0.6 is 11.3 Å². The van der Waals surface area contributed by atoms with Crippen molar-refractivity contribution in [1.82, 2.24) is 20.0 Å². The van der Waals surface area contributed by atoms with Gasteiger partial charge in [-0.3, -0.25) is 9.78 Å². The molecule has 1 aliphatic heterocycles. The van der Waals surface area contributed by atoms with E-state index in [2.05, 4.69) is 62.6 Å². The van der Waals surface area contributed by atoms with Gasteiger partial charge in [0.2, 0.25) is 0 Å². The molecule has 0 unspecified atom stereocenters. The zero-order valence-electron chi connectivity index (χ0n) is 21.3. The number of aromatic nitrogens is 2. The van der Waals surface area contributed by atoms with Crippen LogP contribution in [0.4, 0.5) is 0 Å². The van der Waals surface area contributed by atoms with Crippen LogP contribution in [0.15, 0.2) is 42.7 Å². The maximum atomic E-state index is 12.8. The van der Waals surface area contributed by atoms with Gasteiger partial charge in [0.1, 0.15) is 12.1 Å². The van der Waals surface area contributed by atoms with Gasteiger partial charge in [0.15, 0.2) is 0 Å². The fraction of sp³-hybridized carbons (Fsp3) is 0.393. The molecule has 9 heteroatoms. The van der Waals surface area contributed by atoms with Crippen molar-refractivity contribution in [3.63, 3.8) is 0 Å². The highest BCUT2D eigenvalue weighted by molar-refractivity contribution is 7.19. The lowest BCUT2D eigenvalue weighted by Crippen LogP contribution is -2.49. The lowest BCUT2D eigenvalue weighted by Gasteiger charge is -2.25. The molecule has 37 heavy (non-hydrogen) atoms. The van der Waals surface area contributed by atoms with Crippen LogP contribution < -0.4 is 10.6 Å². The Balaban J connectivity index is 1.29. The number of nitrogens with one attached hydrogen (secondary N) is 2. The summed E-state index contributed by atoms with van der Waals surface area (Å²) in [5.41, 5.74) is 5.36. The summed E-state index contributed by atoms with van der Waals surface area (Å²) in [5, 5.41) is 17.0. The molecule has 1 fully saturated rings. The summed E-state index contributed by atoms with van der Waals surface area (Å²) < 4.78 is 14.4. The first-order chi connectivity index (χ1) is 17.9. The zero-order chi connectivity index (χ0) is 25.9. The number of ether oxygens (including phenoxy) is 2. The number of carbonyl (C=O) groups is 1. The molecule has 1 aliphatic rings. The highest BCUT2D eigenvalue weighted by Crippen LogP contribution is 2.32. The van der Waals surface area contributed by atoms with Gasteiger partial charge < -0.3 is 24.5 Å². The van der Waals surface area contributed by atoms with Crippen molar-refractivity contribution in [1.29, 1.82) is 5.26 Å². The standard InChI is InChI=1S/C28H31N5O3S/c1-17-14-33-15-21(10-25(33)18(2)31-17)19-4-5-27-20(8-19)9-24(37-27)11-22(12-29)32-28(34)26-13-30-7-6-23(35-3)16-36-26/h4-5,8-10,14-15,22-23,26,30H,6-7,11,13,16H2,1-3H3,(H,32,34)/t22-,23-,26+/m1/s1. The van der Waals surface area contributed by atoms with Gasteiger partial charge in [-0.1, -0.05) is 6.07 Å². The third-order valence-corrected chi connectivity index (χ3v) is 7.89. The number of nitrogens with zero attached hydrogens (tertiary/aromatic N) is 3. The van der Waals surface area contributed by atoms with Crippen LogP contribution in [-0.4, -0.2) is 60.3 Å². The average Bonchev–Trinajstić information content (AvgIpc) is 3.47. The summed E-state index contributed by atoms with van der Waals surface area (Å²) in [6, 6.07) is 12.3. The second kappa shape index (κ2) is 11.0. The average molecular weight is 518 g/mol. The van der Waals surface area contributed by atoms with Crippen LogP contribution in [0.3, 0.4) is 0 Å². The van der Waals surface area contributed by atoms with Crippen LogP contribution in [0.5, 0.6) is 0 Å². The molecule has 8 nitrogen and oxygen atoms in total. The zero-order valence-corrected chi connectivity index (χ0v) is 22.1. The van der Waals surface area contributed by atoms with E-state index in [0.29, 0.717) is 19.6 Å². The number of amides is 1. The van der Waals surface area contributed by atoms with E-state index in [1.165, 1.54) is 0 Å². The first kappa shape index (κ1) is 25.4. The Labute approximate surface area is 220 Å². The highest BCUT2D eigenvalue weighted by Gasteiger charge is 2.25. The van der Waals surface area contributed by atoms with Gasteiger partial charge in [0.05, 0.1) is 35.7 Å². The van der Waals surface area contributed by atoms with Crippen molar-refractivity contribution in [2.45, 2.75) is 44.9 Å². The molecule has 5 rings (SSSR count). The highest BCUT2D eigenvalue weighted by atomic mass is 32.1. The van der Waals surface area contributed by atoms with E-state index in [4.69, 9.17) is 9.47 Å². The van der Waals surface area contributed by atoms with Crippen LogP contribution in [0.25, 0.3) is 26.7 Å². The molecule has 3 atom stereocenters. The predicted octanol–water partition coefficient (Wildman–Crippen LogP) is 3.78. The van der Waals surface area contributed by atoms with Crippen molar-refractivity contribution in [2.24, 2.45) is 0 Å². The molecule has 1 saturated heterocycles. The second-order valence-electron chi connectivity index (χ2n) is 9.52. The minimum absolute atomic E-state index is 0.0477. The molecule has 3 aromatic heterocycles. The molecule has 0 spiro atoms. The summed E-state index contributed by atoms with van der Waals surface area (Å²) in [6.45, 7) is 5.56. The fourth-order valence-electron chi connectivity index (χ4n) is 4.78. The number of fused-ring (bicyclic) bond motifs is 2. The van der Waals surface area contributed by atoms with Gasteiger partial charge in [0.25, 0.3) is 5.91 Å². The van der Waals surface area contributed by atoms with Gasteiger partial charge in [-0.25, -0.2) is 0 Å². The van der Waals surface area contributed by atoms with Crippen molar-refractivity contribution in [2.75, 3.05) is 26.8 Å². The Morgan fingerprint density at radius 3 is 3.00 bits per heavy atom. The smallest absolute Gasteiger partial charge is 0.251 e. The first-order valence-corrected chi connectivity index (χ1v) is 13.3. The maximum absolute atomic E-state index is 12.8. The summed E-state index contributed by atoms with van der Waals surface area (Å²) in [6.07, 6.45) is 4.74. The number of hydrogen-bond acceptors (Lipinski definition) is 7. The van der Waals surface area contributed by atoms with Crippen LogP contribution in [0, 0.1) is 25.2 Å². The van der Waals surface area contributed by atoms with Gasteiger partial charge in [-0.15, -0.1) is 11.3 Å². The third-order valence-electron chi connectivity index (χ3n) is 6.75. The Morgan fingerprint density at radius 1 is 1.32 bits per heavy atom. The molecular formula is C28H31N5O3S. The predicted molar refractivity (Wildman–Crippen MR) is 145 cm³/mol. The van der Waals surface area contributed by atoms with E-state index < -0.39 is 12.1 Å². The minimum atomic E-state index is -0.653. The number of benzene rings is 1. The SMILES string of the molecule is CO[C@@H]1CCNC[C@@H](C(=O)N[C@@H](C#N)Cc2cc3cc(-c4cc5c(C)nc(C)cn5c4)ccc3s2)OC1. The Hall–Kier alpha value is -3.29. The van der Waals surface area contributed by atoms with E-state index in [0.717, 1.165) is 56.0 Å². The van der Waals surface area contributed by atoms with E-state index in [1.54, 1.807) is 18.4 Å². The quantitative estimate of drug-likeness (QED) is 0.404. The minimum Gasteiger partial charge on any atom is -0.379 e. The van der Waals surface area contributed by atoms with E-state index >= 15 is 0 Å². The van der Waals surface area contributed by atoms with Crippen molar-refractivity contribution < 1.29 is 14.3 Å². The van der Waals surface area contributed by atoms with Crippen LogP contribution in [-0.2, 0) is 20.7 Å². The molecule has 0 saturated carbocycles. The molecule has 0 radical (unpaired) electrons. The third kappa shape index (κ3) is 5.68. The van der Waals surface area contributed by atoms with E-state index in [-0.39, 0.29) is 12.0 Å². The maximum Gasteiger partial charge on any atom is 0.251 e. The summed E-state index contributed by atoms with van der Waals surface area (Å²) in [4.78, 5) is 18.5. The number of carbonyl (C=O) groups excluding carboxylic acids is 1. The van der Waals surface area contributed by atoms with Gasteiger partial charge >= 0.3 is 0 Å². The number of methoxy groups -OCH3 is 1. The largest absolute Gasteiger partial charge is 0.379 e. The molecule has 4 aromatic rings. The molecule has 1 aromatic carbocycles. The fourth-order valence-corrected chi connectivity index (χ4v) is 5.87. The van der Waals surface area contributed by atoms with Crippen molar-refractivity contribution in [3.05, 3.63) is 59.0 Å². The molecule has 0 aliphatic carbocycles. The number of rotatable bonds is 6. The summed E-state index contributed by atoms with van der Waals surface area (Å²) in [7, 11) is 1.64. The molecule has 1 amide bonds.